The fourth-order valence-electron chi connectivity index (χ4n) is 1.59. The normalized spacial score (nSPS) is 13.2. The standard InChI is InChI=1S/C14H24N2O4S/c1-4-12(2)20-14-8-5-7-13(11-14)15-21(18,19)16(3)9-6-10-17/h5,7-8,11-12,15,17H,4,6,9-10H2,1-3H3. The molecule has 0 amide bonds. The van der Waals surface area contributed by atoms with Crippen molar-refractivity contribution in [2.45, 2.75) is 32.8 Å². The highest BCUT2D eigenvalue weighted by Crippen LogP contribution is 2.20. The van der Waals surface area contributed by atoms with Crippen LogP contribution >= 0.6 is 0 Å². The molecule has 0 aliphatic carbocycles. The van der Waals surface area contributed by atoms with E-state index < -0.39 is 10.2 Å². The summed E-state index contributed by atoms with van der Waals surface area (Å²) in [5.41, 5.74) is 0.451. The summed E-state index contributed by atoms with van der Waals surface area (Å²) in [7, 11) is -2.15. The van der Waals surface area contributed by atoms with Crippen LogP contribution in [0.15, 0.2) is 24.3 Å². The van der Waals surface area contributed by atoms with Gasteiger partial charge in [-0.15, -0.1) is 0 Å². The third-order valence-electron chi connectivity index (χ3n) is 3.03. The third kappa shape index (κ3) is 5.91. The molecule has 0 aliphatic rings. The largest absolute Gasteiger partial charge is 0.491 e. The number of benzene rings is 1. The molecule has 0 bridgehead atoms. The lowest BCUT2D eigenvalue weighted by Gasteiger charge is -2.18. The predicted octanol–water partition coefficient (Wildman–Crippen LogP) is 1.83. The number of hydrogen-bond donors (Lipinski definition) is 2. The van der Waals surface area contributed by atoms with Gasteiger partial charge in [0.1, 0.15) is 5.75 Å². The molecule has 1 rings (SSSR count). The molecular weight excluding hydrogens is 292 g/mol. The summed E-state index contributed by atoms with van der Waals surface area (Å²) in [6.07, 6.45) is 1.35. The highest BCUT2D eigenvalue weighted by atomic mass is 32.2. The summed E-state index contributed by atoms with van der Waals surface area (Å²) in [5, 5.41) is 8.76. The van der Waals surface area contributed by atoms with Crippen molar-refractivity contribution in [3.8, 4) is 5.75 Å². The minimum Gasteiger partial charge on any atom is -0.491 e. The van der Waals surface area contributed by atoms with Gasteiger partial charge in [-0.05, 0) is 31.9 Å². The van der Waals surface area contributed by atoms with Crippen molar-refractivity contribution >= 4 is 15.9 Å². The fraction of sp³-hybridized carbons (Fsp3) is 0.571. The number of ether oxygens (including phenoxy) is 1. The van der Waals surface area contributed by atoms with Crippen molar-refractivity contribution < 1.29 is 18.3 Å². The van der Waals surface area contributed by atoms with Crippen LogP contribution in [0.5, 0.6) is 5.75 Å². The van der Waals surface area contributed by atoms with Crippen molar-refractivity contribution in [3.63, 3.8) is 0 Å². The summed E-state index contributed by atoms with van der Waals surface area (Å²) < 4.78 is 33.5. The molecule has 1 aromatic rings. The average molecular weight is 316 g/mol. The molecule has 1 atom stereocenters. The van der Waals surface area contributed by atoms with E-state index in [1.54, 1.807) is 24.3 Å². The molecule has 120 valence electrons. The molecule has 0 heterocycles. The summed E-state index contributed by atoms with van der Waals surface area (Å²) in [5.74, 6) is 0.627. The monoisotopic (exact) mass is 316 g/mol. The SMILES string of the molecule is CCC(C)Oc1cccc(NS(=O)(=O)N(C)CCCO)c1. The van der Waals surface area contributed by atoms with E-state index in [4.69, 9.17) is 9.84 Å². The zero-order valence-electron chi connectivity index (χ0n) is 12.7. The number of rotatable bonds is 9. The first-order valence-electron chi connectivity index (χ1n) is 7.00. The van der Waals surface area contributed by atoms with Crippen LogP contribution in [0.25, 0.3) is 0 Å². The van der Waals surface area contributed by atoms with E-state index in [0.717, 1.165) is 6.42 Å². The number of aliphatic hydroxyl groups excluding tert-OH is 1. The molecule has 7 heteroatoms. The lowest BCUT2D eigenvalue weighted by Crippen LogP contribution is -2.33. The Balaban J connectivity index is 2.75. The highest BCUT2D eigenvalue weighted by Gasteiger charge is 2.17. The minimum absolute atomic E-state index is 0.0436. The van der Waals surface area contributed by atoms with Gasteiger partial charge in [-0.1, -0.05) is 13.0 Å². The molecule has 0 aromatic heterocycles. The molecule has 6 nitrogen and oxygen atoms in total. The smallest absolute Gasteiger partial charge is 0.301 e. The van der Waals surface area contributed by atoms with Crippen LogP contribution in [0.4, 0.5) is 5.69 Å². The Bertz CT molecular complexity index is 534. The molecule has 21 heavy (non-hydrogen) atoms. The Kier molecular flexibility index (Phi) is 6.94. The van der Waals surface area contributed by atoms with Crippen LogP contribution in [-0.2, 0) is 10.2 Å². The van der Waals surface area contributed by atoms with Crippen LogP contribution in [0.2, 0.25) is 0 Å². The fourth-order valence-corrected chi connectivity index (χ4v) is 2.54. The predicted molar refractivity (Wildman–Crippen MR) is 83.7 cm³/mol. The Morgan fingerprint density at radius 2 is 2.14 bits per heavy atom. The Morgan fingerprint density at radius 1 is 1.43 bits per heavy atom. The average Bonchev–Trinajstić information content (AvgIpc) is 2.44. The molecule has 1 unspecified atom stereocenters. The summed E-state index contributed by atoms with van der Waals surface area (Å²) in [6.45, 7) is 4.19. The number of anilines is 1. The zero-order valence-corrected chi connectivity index (χ0v) is 13.6. The Labute approximate surface area is 126 Å². The van der Waals surface area contributed by atoms with Crippen molar-refractivity contribution in [1.82, 2.24) is 4.31 Å². The quantitative estimate of drug-likeness (QED) is 0.728. The van der Waals surface area contributed by atoms with E-state index in [1.165, 1.54) is 11.4 Å². The van der Waals surface area contributed by atoms with Gasteiger partial charge in [0.25, 0.3) is 0 Å². The number of hydrogen-bond acceptors (Lipinski definition) is 4. The van der Waals surface area contributed by atoms with Gasteiger partial charge in [-0.2, -0.15) is 12.7 Å². The second kappa shape index (κ2) is 8.21. The molecule has 0 spiro atoms. The van der Waals surface area contributed by atoms with Gasteiger partial charge in [0, 0.05) is 26.3 Å². The summed E-state index contributed by atoms with van der Waals surface area (Å²) in [4.78, 5) is 0. The first kappa shape index (κ1) is 17.7. The van der Waals surface area contributed by atoms with Gasteiger partial charge in [0.2, 0.25) is 0 Å². The maximum absolute atomic E-state index is 12.1. The molecule has 0 aliphatic heterocycles. The molecule has 0 saturated carbocycles. The van der Waals surface area contributed by atoms with Crippen LogP contribution in [0.3, 0.4) is 0 Å². The maximum Gasteiger partial charge on any atom is 0.301 e. The van der Waals surface area contributed by atoms with Gasteiger partial charge in [0.15, 0.2) is 0 Å². The lowest BCUT2D eigenvalue weighted by atomic mass is 10.3. The first-order chi connectivity index (χ1) is 9.89. The second-order valence-corrected chi connectivity index (χ2v) is 6.65. The van der Waals surface area contributed by atoms with Gasteiger partial charge < -0.3 is 9.84 Å². The topological polar surface area (TPSA) is 78.9 Å². The van der Waals surface area contributed by atoms with E-state index >= 15 is 0 Å². The number of aliphatic hydroxyl groups is 1. The molecule has 1 aromatic carbocycles. The van der Waals surface area contributed by atoms with Crippen molar-refractivity contribution in [1.29, 1.82) is 0 Å². The Hall–Kier alpha value is -1.31. The minimum atomic E-state index is -3.62. The zero-order chi connectivity index (χ0) is 15.9. The molecule has 0 saturated heterocycles. The molecule has 2 N–H and O–H groups in total. The molecule has 0 radical (unpaired) electrons. The van der Waals surface area contributed by atoms with Crippen molar-refractivity contribution in [3.05, 3.63) is 24.3 Å². The van der Waals surface area contributed by atoms with Gasteiger partial charge >= 0.3 is 10.2 Å². The van der Waals surface area contributed by atoms with Crippen LogP contribution < -0.4 is 9.46 Å². The van der Waals surface area contributed by atoms with Crippen molar-refractivity contribution in [2.75, 3.05) is 24.9 Å². The van der Waals surface area contributed by atoms with E-state index in [1.807, 2.05) is 13.8 Å². The molecule has 0 fully saturated rings. The third-order valence-corrected chi connectivity index (χ3v) is 4.53. The lowest BCUT2D eigenvalue weighted by molar-refractivity contribution is 0.217. The van der Waals surface area contributed by atoms with Gasteiger partial charge in [-0.3, -0.25) is 4.72 Å². The second-order valence-electron chi connectivity index (χ2n) is 4.87. The summed E-state index contributed by atoms with van der Waals surface area (Å²) >= 11 is 0. The van der Waals surface area contributed by atoms with Gasteiger partial charge in [-0.25, -0.2) is 0 Å². The van der Waals surface area contributed by atoms with Crippen LogP contribution in [0, 0.1) is 0 Å². The van der Waals surface area contributed by atoms with E-state index in [-0.39, 0.29) is 19.3 Å². The summed E-state index contributed by atoms with van der Waals surface area (Å²) in [6, 6.07) is 6.85. The van der Waals surface area contributed by atoms with E-state index in [2.05, 4.69) is 4.72 Å². The van der Waals surface area contributed by atoms with E-state index in [0.29, 0.717) is 17.9 Å². The van der Waals surface area contributed by atoms with Crippen molar-refractivity contribution in [2.24, 2.45) is 0 Å². The highest BCUT2D eigenvalue weighted by molar-refractivity contribution is 7.90. The number of nitrogens with zero attached hydrogens (tertiary/aromatic N) is 1. The van der Waals surface area contributed by atoms with Crippen LogP contribution in [0.1, 0.15) is 26.7 Å². The maximum atomic E-state index is 12.1. The Morgan fingerprint density at radius 3 is 2.76 bits per heavy atom. The van der Waals surface area contributed by atoms with Crippen LogP contribution in [-0.4, -0.2) is 44.1 Å². The van der Waals surface area contributed by atoms with Gasteiger partial charge in [0.05, 0.1) is 11.8 Å². The van der Waals surface area contributed by atoms with E-state index in [9.17, 15) is 8.42 Å². The first-order valence-corrected chi connectivity index (χ1v) is 8.44. The number of nitrogens with one attached hydrogen (secondary N) is 1. The molecular formula is C14H24N2O4S.